The number of hydrogen-bond donors (Lipinski definition) is 3. The van der Waals surface area contributed by atoms with Crippen molar-refractivity contribution >= 4 is 17.6 Å². The first-order chi connectivity index (χ1) is 9.08. The first-order valence-corrected chi connectivity index (χ1v) is 5.69. The Bertz CT molecular complexity index is 606. The Labute approximate surface area is 109 Å². The number of aromatic nitrogens is 2. The summed E-state index contributed by atoms with van der Waals surface area (Å²) in [4.78, 5) is 23.0. The van der Waals surface area contributed by atoms with Crippen LogP contribution in [0, 0.1) is 6.92 Å². The third-order valence-electron chi connectivity index (χ3n) is 2.67. The van der Waals surface area contributed by atoms with E-state index in [-0.39, 0.29) is 17.9 Å². The quantitative estimate of drug-likeness (QED) is 0.777. The van der Waals surface area contributed by atoms with Crippen LogP contribution in [-0.2, 0) is 11.2 Å². The van der Waals surface area contributed by atoms with Crippen LogP contribution in [0.25, 0.3) is 0 Å². The highest BCUT2D eigenvalue weighted by atomic mass is 16.4. The van der Waals surface area contributed by atoms with Crippen molar-refractivity contribution in [1.82, 2.24) is 10.2 Å². The van der Waals surface area contributed by atoms with Crippen LogP contribution in [0.2, 0.25) is 0 Å². The third-order valence-corrected chi connectivity index (χ3v) is 2.67. The molecule has 1 aromatic heterocycles. The minimum absolute atomic E-state index is 0.112. The summed E-state index contributed by atoms with van der Waals surface area (Å²) in [5.74, 6) is -1.35. The van der Waals surface area contributed by atoms with E-state index in [0.717, 1.165) is 0 Å². The van der Waals surface area contributed by atoms with Crippen LogP contribution in [0.4, 0.5) is 5.69 Å². The van der Waals surface area contributed by atoms with Gasteiger partial charge in [0.05, 0.1) is 17.7 Å². The second-order valence-electron chi connectivity index (χ2n) is 4.11. The molecule has 1 amide bonds. The molecular weight excluding hydrogens is 246 g/mol. The number of aromatic carboxylic acids is 1. The van der Waals surface area contributed by atoms with E-state index in [9.17, 15) is 9.59 Å². The van der Waals surface area contributed by atoms with Gasteiger partial charge in [0.15, 0.2) is 0 Å². The summed E-state index contributed by atoms with van der Waals surface area (Å²) in [7, 11) is 0. The zero-order valence-electron chi connectivity index (χ0n) is 10.3. The molecule has 1 heterocycles. The molecule has 0 unspecified atom stereocenters. The summed E-state index contributed by atoms with van der Waals surface area (Å²) in [6, 6.07) is 6.65. The topological polar surface area (TPSA) is 95.1 Å². The predicted octanol–water partition coefficient (Wildman–Crippen LogP) is 1.60. The monoisotopic (exact) mass is 259 g/mol. The molecule has 0 bridgehead atoms. The van der Waals surface area contributed by atoms with Crippen LogP contribution < -0.4 is 5.32 Å². The molecule has 0 aliphatic rings. The number of carbonyl (C=O) groups is 2. The van der Waals surface area contributed by atoms with Crippen LogP contribution in [0.15, 0.2) is 30.5 Å². The number of hydrogen-bond acceptors (Lipinski definition) is 3. The van der Waals surface area contributed by atoms with Gasteiger partial charge in [-0.05, 0) is 24.6 Å². The average Bonchev–Trinajstić information content (AvgIpc) is 2.81. The van der Waals surface area contributed by atoms with Gasteiger partial charge in [0.2, 0.25) is 5.91 Å². The molecule has 1 aromatic carbocycles. The average molecular weight is 259 g/mol. The Morgan fingerprint density at radius 1 is 1.37 bits per heavy atom. The fourth-order valence-electron chi connectivity index (χ4n) is 1.81. The number of carbonyl (C=O) groups excluding carboxylic acids is 1. The van der Waals surface area contributed by atoms with Crippen LogP contribution in [0.3, 0.4) is 0 Å². The van der Waals surface area contributed by atoms with E-state index in [4.69, 9.17) is 5.11 Å². The third kappa shape index (κ3) is 2.98. The molecule has 0 saturated carbocycles. The Morgan fingerprint density at radius 3 is 2.79 bits per heavy atom. The van der Waals surface area contributed by atoms with E-state index in [2.05, 4.69) is 15.5 Å². The van der Waals surface area contributed by atoms with Crippen molar-refractivity contribution in [3.05, 3.63) is 47.3 Å². The van der Waals surface area contributed by atoms with Crippen molar-refractivity contribution in [2.24, 2.45) is 0 Å². The van der Waals surface area contributed by atoms with Crippen LogP contribution in [-0.4, -0.2) is 27.2 Å². The number of nitrogens with one attached hydrogen (secondary N) is 2. The number of aromatic amines is 1. The highest BCUT2D eigenvalue weighted by Gasteiger charge is 2.15. The van der Waals surface area contributed by atoms with Gasteiger partial charge in [-0.25, -0.2) is 4.79 Å². The maximum atomic E-state index is 11.8. The number of amides is 1. The number of anilines is 1. The van der Waals surface area contributed by atoms with Crippen molar-refractivity contribution in [3.8, 4) is 0 Å². The lowest BCUT2D eigenvalue weighted by atomic mass is 10.1. The lowest BCUT2D eigenvalue weighted by Gasteiger charge is -2.10. The molecule has 0 radical (unpaired) electrons. The van der Waals surface area contributed by atoms with E-state index >= 15 is 0 Å². The zero-order chi connectivity index (χ0) is 13.8. The van der Waals surface area contributed by atoms with E-state index in [1.54, 1.807) is 37.4 Å². The number of benzene rings is 1. The molecule has 0 aliphatic heterocycles. The van der Waals surface area contributed by atoms with Crippen LogP contribution >= 0.6 is 0 Å². The summed E-state index contributed by atoms with van der Waals surface area (Å²) < 4.78 is 0. The van der Waals surface area contributed by atoms with Gasteiger partial charge in [-0.3, -0.25) is 9.89 Å². The van der Waals surface area contributed by atoms with E-state index in [0.29, 0.717) is 16.9 Å². The van der Waals surface area contributed by atoms with Crippen molar-refractivity contribution < 1.29 is 14.7 Å². The van der Waals surface area contributed by atoms with Gasteiger partial charge in [-0.15, -0.1) is 0 Å². The van der Waals surface area contributed by atoms with Gasteiger partial charge in [0.1, 0.15) is 0 Å². The Balaban J connectivity index is 2.17. The van der Waals surface area contributed by atoms with Crippen molar-refractivity contribution in [3.63, 3.8) is 0 Å². The molecule has 0 atom stereocenters. The number of nitrogens with zero attached hydrogens (tertiary/aromatic N) is 1. The zero-order valence-corrected chi connectivity index (χ0v) is 10.3. The minimum Gasteiger partial charge on any atom is -0.478 e. The summed E-state index contributed by atoms with van der Waals surface area (Å²) >= 11 is 0. The molecule has 2 aromatic rings. The van der Waals surface area contributed by atoms with Crippen LogP contribution in [0.1, 0.15) is 21.6 Å². The fraction of sp³-hybridized carbons (Fsp3) is 0.154. The van der Waals surface area contributed by atoms with Crippen molar-refractivity contribution in [2.75, 3.05) is 5.32 Å². The Hall–Kier alpha value is -2.63. The SMILES string of the molecule is Cc1cccc(NC(=O)Cc2ccn[nH]2)c1C(=O)O. The summed E-state index contributed by atoms with van der Waals surface area (Å²) in [6.45, 7) is 1.69. The van der Waals surface area contributed by atoms with Gasteiger partial charge in [-0.1, -0.05) is 12.1 Å². The molecule has 0 fully saturated rings. The number of H-pyrrole nitrogens is 1. The summed E-state index contributed by atoms with van der Waals surface area (Å²) in [6.07, 6.45) is 1.67. The van der Waals surface area contributed by atoms with Gasteiger partial charge in [-0.2, -0.15) is 5.10 Å². The molecule has 0 saturated heterocycles. The Kier molecular flexibility index (Phi) is 3.61. The predicted molar refractivity (Wildman–Crippen MR) is 69.1 cm³/mol. The molecule has 98 valence electrons. The number of aryl methyl sites for hydroxylation is 1. The fourth-order valence-corrected chi connectivity index (χ4v) is 1.81. The van der Waals surface area contributed by atoms with Crippen LogP contribution in [0.5, 0.6) is 0 Å². The smallest absolute Gasteiger partial charge is 0.338 e. The molecule has 2 rings (SSSR count). The van der Waals surface area contributed by atoms with E-state index in [1.807, 2.05) is 0 Å². The van der Waals surface area contributed by atoms with Gasteiger partial charge < -0.3 is 10.4 Å². The molecule has 6 heteroatoms. The maximum absolute atomic E-state index is 11.8. The summed E-state index contributed by atoms with van der Waals surface area (Å²) in [5.41, 5.74) is 1.69. The minimum atomic E-state index is -1.06. The van der Waals surface area contributed by atoms with Crippen molar-refractivity contribution in [2.45, 2.75) is 13.3 Å². The van der Waals surface area contributed by atoms with Gasteiger partial charge in [0, 0.05) is 11.9 Å². The lowest BCUT2D eigenvalue weighted by molar-refractivity contribution is -0.115. The first-order valence-electron chi connectivity index (χ1n) is 5.69. The number of carboxylic acids is 1. The Morgan fingerprint density at radius 2 is 2.16 bits per heavy atom. The second kappa shape index (κ2) is 5.34. The van der Waals surface area contributed by atoms with Gasteiger partial charge in [0.25, 0.3) is 0 Å². The molecule has 6 nitrogen and oxygen atoms in total. The molecule has 3 N–H and O–H groups in total. The van der Waals surface area contributed by atoms with E-state index < -0.39 is 5.97 Å². The first kappa shape index (κ1) is 12.8. The largest absolute Gasteiger partial charge is 0.478 e. The van der Waals surface area contributed by atoms with Gasteiger partial charge >= 0.3 is 5.97 Å². The molecule has 19 heavy (non-hydrogen) atoms. The molecule has 0 spiro atoms. The summed E-state index contributed by atoms with van der Waals surface area (Å²) in [5, 5.41) is 18.2. The number of rotatable bonds is 4. The maximum Gasteiger partial charge on any atom is 0.338 e. The van der Waals surface area contributed by atoms with E-state index in [1.165, 1.54) is 0 Å². The molecular formula is C13H13N3O3. The second-order valence-corrected chi connectivity index (χ2v) is 4.11. The highest BCUT2D eigenvalue weighted by Crippen LogP contribution is 2.19. The normalized spacial score (nSPS) is 10.2. The molecule has 0 aliphatic carbocycles. The standard InChI is InChI=1S/C13H13N3O3/c1-8-3-2-4-10(12(8)13(18)19)15-11(17)7-9-5-6-14-16-9/h2-6H,7H2,1H3,(H,14,16)(H,15,17)(H,18,19). The number of carboxylic acid groups (broad SMARTS) is 1. The highest BCUT2D eigenvalue weighted by molar-refractivity contribution is 6.01. The lowest BCUT2D eigenvalue weighted by Crippen LogP contribution is -2.17. The van der Waals surface area contributed by atoms with Crippen molar-refractivity contribution in [1.29, 1.82) is 0 Å².